The average Bonchev–Trinajstić information content (AvgIpc) is 2.73. The fourth-order valence-electron chi connectivity index (χ4n) is 3.65. The fourth-order valence-corrected chi connectivity index (χ4v) is 3.65. The SMILES string of the molecule is C=Cc1ccc2cc(C(=O)OCOC3CCCc4ccccc43)ccc2c1. The number of carbonyl (C=O) groups excluding carboxylic acids is 1. The minimum absolute atomic E-state index is 0.00308. The molecule has 0 amide bonds. The van der Waals surface area contributed by atoms with Crippen molar-refractivity contribution in [3.05, 3.63) is 89.5 Å². The molecule has 0 N–H and O–H groups in total. The summed E-state index contributed by atoms with van der Waals surface area (Å²) in [6.07, 6.45) is 4.93. The van der Waals surface area contributed by atoms with Crippen LogP contribution in [0.1, 0.15) is 46.0 Å². The van der Waals surface area contributed by atoms with Gasteiger partial charge in [-0.05, 0) is 64.9 Å². The molecule has 3 aromatic rings. The molecule has 1 aliphatic carbocycles. The van der Waals surface area contributed by atoms with Crippen LogP contribution >= 0.6 is 0 Å². The van der Waals surface area contributed by atoms with Gasteiger partial charge >= 0.3 is 5.97 Å². The Bertz CT molecular complexity index is 990. The molecule has 0 spiro atoms. The molecule has 0 radical (unpaired) electrons. The molecule has 0 heterocycles. The van der Waals surface area contributed by atoms with Gasteiger partial charge in [0.1, 0.15) is 0 Å². The minimum atomic E-state index is -0.367. The summed E-state index contributed by atoms with van der Waals surface area (Å²) >= 11 is 0. The topological polar surface area (TPSA) is 35.5 Å². The van der Waals surface area contributed by atoms with Gasteiger partial charge in [0, 0.05) is 0 Å². The van der Waals surface area contributed by atoms with Gasteiger partial charge in [-0.3, -0.25) is 0 Å². The highest BCUT2D eigenvalue weighted by atomic mass is 16.7. The van der Waals surface area contributed by atoms with Crippen LogP contribution in [0.15, 0.2) is 67.2 Å². The molecule has 4 rings (SSSR count). The Kier molecular flexibility index (Phi) is 5.03. The number of carbonyl (C=O) groups is 1. The number of hydrogen-bond donors (Lipinski definition) is 0. The van der Waals surface area contributed by atoms with Crippen LogP contribution in [0.5, 0.6) is 0 Å². The van der Waals surface area contributed by atoms with E-state index in [-0.39, 0.29) is 18.9 Å². The van der Waals surface area contributed by atoms with Crippen molar-refractivity contribution in [2.75, 3.05) is 6.79 Å². The molecule has 3 nitrogen and oxygen atoms in total. The number of fused-ring (bicyclic) bond motifs is 2. The Morgan fingerprint density at radius 1 is 1.07 bits per heavy atom. The van der Waals surface area contributed by atoms with Crippen molar-refractivity contribution in [2.45, 2.75) is 25.4 Å². The third-order valence-corrected chi connectivity index (χ3v) is 5.11. The van der Waals surface area contributed by atoms with Crippen molar-refractivity contribution >= 4 is 22.8 Å². The first-order valence-corrected chi connectivity index (χ1v) is 9.27. The van der Waals surface area contributed by atoms with Crippen molar-refractivity contribution in [1.29, 1.82) is 0 Å². The normalized spacial score (nSPS) is 15.9. The zero-order valence-corrected chi connectivity index (χ0v) is 15.2. The van der Waals surface area contributed by atoms with Crippen molar-refractivity contribution in [2.24, 2.45) is 0 Å². The predicted molar refractivity (Wildman–Crippen MR) is 108 cm³/mol. The van der Waals surface area contributed by atoms with E-state index in [4.69, 9.17) is 9.47 Å². The summed E-state index contributed by atoms with van der Waals surface area (Å²) in [6.45, 7) is 3.75. The molecule has 1 unspecified atom stereocenters. The maximum absolute atomic E-state index is 12.4. The summed E-state index contributed by atoms with van der Waals surface area (Å²) in [5, 5.41) is 2.07. The van der Waals surface area contributed by atoms with E-state index in [2.05, 4.69) is 24.8 Å². The molecule has 0 bridgehead atoms. The van der Waals surface area contributed by atoms with Gasteiger partial charge in [0.2, 0.25) is 0 Å². The van der Waals surface area contributed by atoms with Gasteiger partial charge in [0.15, 0.2) is 6.79 Å². The number of benzene rings is 3. The van der Waals surface area contributed by atoms with Gasteiger partial charge in [-0.2, -0.15) is 0 Å². The molecule has 3 heteroatoms. The summed E-state index contributed by atoms with van der Waals surface area (Å²) in [5.41, 5.74) is 4.12. The zero-order chi connectivity index (χ0) is 18.6. The molecule has 1 aliphatic rings. The number of hydrogen-bond acceptors (Lipinski definition) is 3. The van der Waals surface area contributed by atoms with Crippen LogP contribution in [-0.2, 0) is 15.9 Å². The van der Waals surface area contributed by atoms with Crippen LogP contribution in [0, 0.1) is 0 Å². The van der Waals surface area contributed by atoms with E-state index in [9.17, 15) is 4.79 Å². The summed E-state index contributed by atoms with van der Waals surface area (Å²) < 4.78 is 11.2. The fraction of sp³-hybridized carbons (Fsp3) is 0.208. The lowest BCUT2D eigenvalue weighted by atomic mass is 9.89. The van der Waals surface area contributed by atoms with Gasteiger partial charge in [-0.1, -0.05) is 55.1 Å². The second-order valence-corrected chi connectivity index (χ2v) is 6.82. The second kappa shape index (κ2) is 7.77. The van der Waals surface area contributed by atoms with Gasteiger partial charge in [0.05, 0.1) is 11.7 Å². The second-order valence-electron chi connectivity index (χ2n) is 6.82. The first kappa shape index (κ1) is 17.5. The molecular weight excluding hydrogens is 336 g/mol. The van der Waals surface area contributed by atoms with Crippen LogP contribution in [0.3, 0.4) is 0 Å². The Morgan fingerprint density at radius 2 is 1.89 bits per heavy atom. The highest BCUT2D eigenvalue weighted by Crippen LogP contribution is 2.32. The number of esters is 1. The standard InChI is InChI=1S/C24H22O3/c1-2-17-10-11-20-15-21(13-12-19(20)14-17)24(25)27-16-26-23-9-5-7-18-6-3-4-8-22(18)23/h2-4,6,8,10-15,23H,1,5,7,9,16H2. The maximum atomic E-state index is 12.4. The molecular formula is C24H22O3. The zero-order valence-electron chi connectivity index (χ0n) is 15.2. The molecule has 0 saturated heterocycles. The highest BCUT2D eigenvalue weighted by Gasteiger charge is 2.20. The molecule has 136 valence electrons. The van der Waals surface area contributed by atoms with Gasteiger partial charge in [0.25, 0.3) is 0 Å². The smallest absolute Gasteiger partial charge is 0.340 e. The molecule has 3 aromatic carbocycles. The van der Waals surface area contributed by atoms with Crippen LogP contribution in [-0.4, -0.2) is 12.8 Å². The first-order valence-electron chi connectivity index (χ1n) is 9.27. The lowest BCUT2D eigenvalue weighted by molar-refractivity contribution is -0.0715. The van der Waals surface area contributed by atoms with E-state index in [1.54, 1.807) is 6.07 Å². The minimum Gasteiger partial charge on any atom is -0.435 e. The number of ether oxygens (including phenoxy) is 2. The lowest BCUT2D eigenvalue weighted by Crippen LogP contribution is -2.16. The van der Waals surface area contributed by atoms with Gasteiger partial charge in [-0.25, -0.2) is 4.79 Å². The van der Waals surface area contributed by atoms with Crippen LogP contribution in [0.4, 0.5) is 0 Å². The van der Waals surface area contributed by atoms with Gasteiger partial charge in [-0.15, -0.1) is 0 Å². The Hall–Kier alpha value is -2.91. The van der Waals surface area contributed by atoms with Crippen LogP contribution in [0.25, 0.3) is 16.8 Å². The number of aryl methyl sites for hydroxylation is 1. The monoisotopic (exact) mass is 358 g/mol. The van der Waals surface area contributed by atoms with E-state index < -0.39 is 0 Å². The molecule has 0 fully saturated rings. The van der Waals surface area contributed by atoms with Crippen molar-refractivity contribution in [1.82, 2.24) is 0 Å². The Balaban J connectivity index is 1.40. The highest BCUT2D eigenvalue weighted by molar-refractivity contribution is 5.95. The van der Waals surface area contributed by atoms with E-state index >= 15 is 0 Å². The summed E-state index contributed by atoms with van der Waals surface area (Å²) in [7, 11) is 0. The predicted octanol–water partition coefficient (Wildman–Crippen LogP) is 5.69. The van der Waals surface area contributed by atoms with Crippen LogP contribution in [0.2, 0.25) is 0 Å². The average molecular weight is 358 g/mol. The van der Waals surface area contributed by atoms with Crippen molar-refractivity contribution in [3.63, 3.8) is 0 Å². The quantitative estimate of drug-likeness (QED) is 0.434. The Labute approximate surface area is 159 Å². The van der Waals surface area contributed by atoms with Crippen molar-refractivity contribution in [3.8, 4) is 0 Å². The first-order chi connectivity index (χ1) is 13.2. The largest absolute Gasteiger partial charge is 0.435 e. The van der Waals surface area contributed by atoms with E-state index in [1.165, 1.54) is 11.1 Å². The summed E-state index contributed by atoms with van der Waals surface area (Å²) in [6, 6.07) is 19.9. The third-order valence-electron chi connectivity index (χ3n) is 5.11. The van der Waals surface area contributed by atoms with Crippen LogP contribution < -0.4 is 0 Å². The third kappa shape index (κ3) is 3.79. The van der Waals surface area contributed by atoms with Gasteiger partial charge < -0.3 is 9.47 Å². The maximum Gasteiger partial charge on any atom is 0.340 e. The molecule has 0 aliphatic heterocycles. The molecule has 27 heavy (non-hydrogen) atoms. The number of rotatable bonds is 5. The molecule has 0 aromatic heterocycles. The molecule has 1 atom stereocenters. The van der Waals surface area contributed by atoms with E-state index in [0.29, 0.717) is 5.56 Å². The summed E-state index contributed by atoms with van der Waals surface area (Å²) in [5.74, 6) is -0.367. The van der Waals surface area contributed by atoms with Crippen molar-refractivity contribution < 1.29 is 14.3 Å². The lowest BCUT2D eigenvalue weighted by Gasteiger charge is -2.25. The summed E-state index contributed by atoms with van der Waals surface area (Å²) in [4.78, 5) is 12.4. The Morgan fingerprint density at radius 3 is 2.78 bits per heavy atom. The van der Waals surface area contributed by atoms with E-state index in [1.807, 2.05) is 42.5 Å². The molecule has 0 saturated carbocycles. The van der Waals surface area contributed by atoms with E-state index in [0.717, 1.165) is 35.6 Å².